The minimum Gasteiger partial charge on any atom is -0.352 e. The van der Waals surface area contributed by atoms with Crippen molar-refractivity contribution < 1.29 is 18.0 Å². The van der Waals surface area contributed by atoms with E-state index in [0.717, 1.165) is 42.7 Å². The third-order valence-electron chi connectivity index (χ3n) is 6.23. The maximum Gasteiger partial charge on any atom is 0.244 e. The molecule has 36 heavy (non-hydrogen) atoms. The van der Waals surface area contributed by atoms with Crippen molar-refractivity contribution in [2.45, 2.75) is 57.7 Å². The highest BCUT2D eigenvalue weighted by Crippen LogP contribution is 2.29. The fourth-order valence-corrected chi connectivity index (χ4v) is 5.58. The summed E-state index contributed by atoms with van der Waals surface area (Å²) in [6, 6.07) is 10.5. The van der Waals surface area contributed by atoms with Gasteiger partial charge in [-0.25, -0.2) is 8.42 Å². The lowest BCUT2D eigenvalue weighted by atomic mass is 9.95. The van der Waals surface area contributed by atoms with Crippen LogP contribution in [0.25, 0.3) is 0 Å². The molecule has 0 aromatic heterocycles. The lowest BCUT2D eigenvalue weighted by Crippen LogP contribution is -2.52. The maximum absolute atomic E-state index is 13.6. The molecule has 3 rings (SSSR count). The van der Waals surface area contributed by atoms with E-state index in [0.29, 0.717) is 10.6 Å². The number of hydrogen-bond donors (Lipinski definition) is 1. The molecule has 2 aromatic rings. The van der Waals surface area contributed by atoms with Gasteiger partial charge in [0.25, 0.3) is 0 Å². The van der Waals surface area contributed by atoms with E-state index in [4.69, 9.17) is 34.8 Å². The molecule has 1 atom stereocenters. The normalized spacial score (nSPS) is 15.2. The standard InChI is InChI=1S/C25H30Cl3N3O4S/c1-17(25(33)29-20-9-4-3-5-10-20)30(15-18-7-6-8-19(26)13-18)24(32)16-31(36(2,34)35)21-11-12-22(27)23(28)14-21/h6-8,11-14,17,20H,3-5,9-10,15-16H2,1-2H3,(H,29,33)/t17-/m0/s1. The smallest absolute Gasteiger partial charge is 0.244 e. The fraction of sp³-hybridized carbons (Fsp3) is 0.440. The van der Waals surface area contributed by atoms with Gasteiger partial charge in [-0.05, 0) is 55.7 Å². The number of carbonyl (C=O) groups excluding carboxylic acids is 2. The number of nitrogens with one attached hydrogen (secondary N) is 1. The average molecular weight is 575 g/mol. The molecular formula is C25H30Cl3N3O4S. The number of carbonyl (C=O) groups is 2. The van der Waals surface area contributed by atoms with Gasteiger partial charge in [0, 0.05) is 17.6 Å². The number of hydrogen-bond acceptors (Lipinski definition) is 4. The number of halogens is 3. The second-order valence-electron chi connectivity index (χ2n) is 9.04. The first-order valence-corrected chi connectivity index (χ1v) is 14.7. The van der Waals surface area contributed by atoms with E-state index in [1.807, 2.05) is 0 Å². The second kappa shape index (κ2) is 12.5. The third-order valence-corrected chi connectivity index (χ3v) is 8.35. The molecule has 0 radical (unpaired) electrons. The maximum atomic E-state index is 13.6. The van der Waals surface area contributed by atoms with E-state index in [9.17, 15) is 18.0 Å². The molecule has 0 spiro atoms. The molecule has 0 aliphatic heterocycles. The summed E-state index contributed by atoms with van der Waals surface area (Å²) in [4.78, 5) is 28.1. The molecule has 11 heteroatoms. The Bertz CT molecular complexity index is 1200. The SMILES string of the molecule is C[C@@H](C(=O)NC1CCCCC1)N(Cc1cccc(Cl)c1)C(=O)CN(c1ccc(Cl)c(Cl)c1)S(C)(=O)=O. The molecule has 1 fully saturated rings. The van der Waals surface area contributed by atoms with Gasteiger partial charge in [0.2, 0.25) is 21.8 Å². The van der Waals surface area contributed by atoms with Crippen molar-refractivity contribution in [3.63, 3.8) is 0 Å². The Hall–Kier alpha value is -2.00. The Kier molecular flexibility index (Phi) is 9.92. The zero-order valence-corrected chi connectivity index (χ0v) is 23.3. The van der Waals surface area contributed by atoms with Crippen LogP contribution in [0.3, 0.4) is 0 Å². The highest BCUT2D eigenvalue weighted by Gasteiger charge is 2.31. The topological polar surface area (TPSA) is 86.8 Å². The summed E-state index contributed by atoms with van der Waals surface area (Å²) in [5.41, 5.74) is 0.913. The largest absolute Gasteiger partial charge is 0.352 e. The van der Waals surface area contributed by atoms with Crippen LogP contribution in [0.1, 0.15) is 44.6 Å². The molecule has 196 valence electrons. The lowest BCUT2D eigenvalue weighted by molar-refractivity contribution is -0.139. The van der Waals surface area contributed by atoms with E-state index >= 15 is 0 Å². The number of anilines is 1. The molecule has 2 aromatic carbocycles. The van der Waals surface area contributed by atoms with E-state index < -0.39 is 28.5 Å². The van der Waals surface area contributed by atoms with Crippen LogP contribution in [0.2, 0.25) is 15.1 Å². The molecule has 1 saturated carbocycles. The summed E-state index contributed by atoms with van der Waals surface area (Å²) >= 11 is 18.2. The van der Waals surface area contributed by atoms with E-state index in [1.165, 1.54) is 23.1 Å². The van der Waals surface area contributed by atoms with Crippen LogP contribution in [-0.2, 0) is 26.2 Å². The Morgan fingerprint density at radius 2 is 1.72 bits per heavy atom. The van der Waals surface area contributed by atoms with E-state index in [1.54, 1.807) is 31.2 Å². The summed E-state index contributed by atoms with van der Waals surface area (Å²) in [5.74, 6) is -0.824. The van der Waals surface area contributed by atoms with Crippen LogP contribution in [0.15, 0.2) is 42.5 Å². The molecule has 1 N–H and O–H groups in total. The predicted molar refractivity (Wildman–Crippen MR) is 145 cm³/mol. The van der Waals surface area contributed by atoms with Crippen molar-refractivity contribution in [1.29, 1.82) is 0 Å². The minimum absolute atomic E-state index is 0.0700. The number of sulfonamides is 1. The molecule has 0 bridgehead atoms. The van der Waals surface area contributed by atoms with Gasteiger partial charge in [-0.3, -0.25) is 13.9 Å². The van der Waals surface area contributed by atoms with Gasteiger partial charge >= 0.3 is 0 Å². The van der Waals surface area contributed by atoms with E-state index in [-0.39, 0.29) is 34.2 Å². The molecule has 0 heterocycles. The summed E-state index contributed by atoms with van der Waals surface area (Å²) in [5, 5.41) is 3.97. The number of nitrogens with zero attached hydrogens (tertiary/aromatic N) is 2. The van der Waals surface area contributed by atoms with Gasteiger partial charge < -0.3 is 10.2 Å². The number of amides is 2. The average Bonchev–Trinajstić information content (AvgIpc) is 2.82. The Morgan fingerprint density at radius 3 is 2.33 bits per heavy atom. The Labute approximate surface area is 227 Å². The van der Waals surface area contributed by atoms with Crippen LogP contribution in [0.5, 0.6) is 0 Å². The Morgan fingerprint density at radius 1 is 1.03 bits per heavy atom. The third kappa shape index (κ3) is 7.75. The molecule has 2 amide bonds. The highest BCUT2D eigenvalue weighted by molar-refractivity contribution is 7.92. The van der Waals surface area contributed by atoms with Crippen molar-refractivity contribution in [1.82, 2.24) is 10.2 Å². The second-order valence-corrected chi connectivity index (χ2v) is 12.2. The van der Waals surface area contributed by atoms with Crippen molar-refractivity contribution in [3.8, 4) is 0 Å². The van der Waals surface area contributed by atoms with Gasteiger partial charge in [-0.2, -0.15) is 0 Å². The first kappa shape index (κ1) is 28.6. The number of benzene rings is 2. The zero-order chi connectivity index (χ0) is 26.5. The molecular weight excluding hydrogens is 545 g/mol. The van der Waals surface area contributed by atoms with Gasteiger partial charge in [0.1, 0.15) is 12.6 Å². The Balaban J connectivity index is 1.88. The summed E-state index contributed by atoms with van der Waals surface area (Å²) in [6.07, 6.45) is 6.06. The van der Waals surface area contributed by atoms with E-state index in [2.05, 4.69) is 5.32 Å². The lowest BCUT2D eigenvalue weighted by Gasteiger charge is -2.33. The zero-order valence-electron chi connectivity index (χ0n) is 20.2. The van der Waals surface area contributed by atoms with Gasteiger partial charge in [0.15, 0.2) is 0 Å². The van der Waals surface area contributed by atoms with Gasteiger partial charge in [0.05, 0.1) is 22.0 Å². The van der Waals surface area contributed by atoms with Crippen molar-refractivity contribution in [2.24, 2.45) is 0 Å². The first-order chi connectivity index (χ1) is 17.0. The summed E-state index contributed by atoms with van der Waals surface area (Å²) in [7, 11) is -3.86. The quantitative estimate of drug-likeness (QED) is 0.442. The highest BCUT2D eigenvalue weighted by atomic mass is 35.5. The molecule has 1 aliphatic rings. The summed E-state index contributed by atoms with van der Waals surface area (Å²) < 4.78 is 26.2. The van der Waals surface area contributed by atoms with Crippen LogP contribution in [0.4, 0.5) is 5.69 Å². The molecule has 0 unspecified atom stereocenters. The monoisotopic (exact) mass is 573 g/mol. The predicted octanol–water partition coefficient (Wildman–Crippen LogP) is 5.28. The fourth-order valence-electron chi connectivity index (χ4n) is 4.24. The van der Waals surface area contributed by atoms with Crippen molar-refractivity contribution >= 4 is 62.3 Å². The minimum atomic E-state index is -3.86. The van der Waals surface area contributed by atoms with Crippen LogP contribution >= 0.6 is 34.8 Å². The molecule has 7 nitrogen and oxygen atoms in total. The van der Waals surface area contributed by atoms with Crippen LogP contribution < -0.4 is 9.62 Å². The van der Waals surface area contributed by atoms with Crippen LogP contribution in [-0.4, -0.2) is 50.0 Å². The number of rotatable bonds is 9. The van der Waals surface area contributed by atoms with Gasteiger partial charge in [-0.15, -0.1) is 0 Å². The summed E-state index contributed by atoms with van der Waals surface area (Å²) in [6.45, 7) is 1.21. The molecule has 0 saturated heterocycles. The van der Waals surface area contributed by atoms with Crippen molar-refractivity contribution in [2.75, 3.05) is 17.1 Å². The van der Waals surface area contributed by atoms with Gasteiger partial charge in [-0.1, -0.05) is 66.2 Å². The van der Waals surface area contributed by atoms with Crippen LogP contribution in [0, 0.1) is 0 Å². The van der Waals surface area contributed by atoms with Crippen molar-refractivity contribution in [3.05, 3.63) is 63.1 Å². The first-order valence-electron chi connectivity index (χ1n) is 11.7. The molecule has 1 aliphatic carbocycles.